The highest BCUT2D eigenvalue weighted by molar-refractivity contribution is 5.45. The molecule has 0 aliphatic heterocycles. The standard InChI is InChI=1S/C12H15F2O2/c1-3-9-4-5-11(16-12(13)14)10(6-9)8(2)7-15/h4-6,12,15H,3,7H2,1-2H3. The van der Waals surface area contributed by atoms with Crippen LogP contribution in [0.4, 0.5) is 8.78 Å². The van der Waals surface area contributed by atoms with Crippen molar-refractivity contribution in [2.45, 2.75) is 26.9 Å². The molecule has 0 aliphatic rings. The molecule has 0 amide bonds. The SMILES string of the molecule is CCc1ccc(OC(F)F)c([C](C)CO)c1. The highest BCUT2D eigenvalue weighted by Crippen LogP contribution is 2.28. The maximum absolute atomic E-state index is 12.2. The average Bonchev–Trinajstić information content (AvgIpc) is 2.28. The van der Waals surface area contributed by atoms with Crippen LogP contribution < -0.4 is 4.74 Å². The molecule has 16 heavy (non-hydrogen) atoms. The predicted octanol–water partition coefficient (Wildman–Crippen LogP) is 2.79. The van der Waals surface area contributed by atoms with Gasteiger partial charge in [0.15, 0.2) is 0 Å². The fourth-order valence-electron chi connectivity index (χ4n) is 1.41. The number of aliphatic hydroxyl groups excluding tert-OH is 1. The lowest BCUT2D eigenvalue weighted by atomic mass is 9.98. The van der Waals surface area contributed by atoms with Gasteiger partial charge in [-0.1, -0.05) is 26.0 Å². The van der Waals surface area contributed by atoms with E-state index in [1.807, 2.05) is 6.92 Å². The van der Waals surface area contributed by atoms with Gasteiger partial charge in [0.25, 0.3) is 0 Å². The summed E-state index contributed by atoms with van der Waals surface area (Å²) in [6.45, 7) is 0.638. The zero-order valence-electron chi connectivity index (χ0n) is 9.34. The van der Waals surface area contributed by atoms with Crippen LogP contribution in [0.15, 0.2) is 18.2 Å². The highest BCUT2D eigenvalue weighted by Gasteiger charge is 2.15. The van der Waals surface area contributed by atoms with E-state index in [0.717, 1.165) is 12.0 Å². The number of hydrogen-bond donors (Lipinski definition) is 1. The summed E-state index contributed by atoms with van der Waals surface area (Å²) < 4.78 is 28.7. The van der Waals surface area contributed by atoms with Gasteiger partial charge in [0, 0.05) is 11.5 Å². The van der Waals surface area contributed by atoms with E-state index in [1.165, 1.54) is 6.07 Å². The van der Waals surface area contributed by atoms with Crippen LogP contribution in [0.2, 0.25) is 0 Å². The van der Waals surface area contributed by atoms with E-state index in [2.05, 4.69) is 4.74 Å². The summed E-state index contributed by atoms with van der Waals surface area (Å²) >= 11 is 0. The van der Waals surface area contributed by atoms with E-state index in [1.54, 1.807) is 19.1 Å². The Kier molecular flexibility index (Phi) is 4.68. The first-order chi connectivity index (χ1) is 7.58. The summed E-state index contributed by atoms with van der Waals surface area (Å²) in [6.07, 6.45) is 0.806. The molecule has 0 bridgehead atoms. The molecule has 1 aromatic carbocycles. The van der Waals surface area contributed by atoms with Crippen LogP contribution in [0.25, 0.3) is 0 Å². The Morgan fingerprint density at radius 2 is 2.12 bits per heavy atom. The summed E-state index contributed by atoms with van der Waals surface area (Å²) in [6, 6.07) is 5.02. The molecule has 0 unspecified atom stereocenters. The molecular weight excluding hydrogens is 214 g/mol. The number of benzene rings is 1. The summed E-state index contributed by atoms with van der Waals surface area (Å²) in [4.78, 5) is 0. The number of aryl methyl sites for hydroxylation is 1. The first-order valence-electron chi connectivity index (χ1n) is 5.09. The monoisotopic (exact) mass is 229 g/mol. The molecule has 1 rings (SSSR count). The molecule has 0 aromatic heterocycles. The lowest BCUT2D eigenvalue weighted by molar-refractivity contribution is -0.0503. The molecule has 1 N–H and O–H groups in total. The number of alkyl halides is 2. The highest BCUT2D eigenvalue weighted by atomic mass is 19.3. The van der Waals surface area contributed by atoms with Gasteiger partial charge in [-0.3, -0.25) is 0 Å². The van der Waals surface area contributed by atoms with Crippen molar-refractivity contribution >= 4 is 0 Å². The fourth-order valence-corrected chi connectivity index (χ4v) is 1.41. The van der Waals surface area contributed by atoms with Crippen LogP contribution >= 0.6 is 0 Å². The fraction of sp³-hybridized carbons (Fsp3) is 0.417. The second-order valence-corrected chi connectivity index (χ2v) is 3.50. The first-order valence-corrected chi connectivity index (χ1v) is 5.09. The topological polar surface area (TPSA) is 29.5 Å². The summed E-state index contributed by atoms with van der Waals surface area (Å²) in [5.41, 5.74) is 1.56. The zero-order chi connectivity index (χ0) is 12.1. The molecule has 0 saturated heterocycles. The maximum Gasteiger partial charge on any atom is 0.387 e. The minimum Gasteiger partial charge on any atom is -0.435 e. The molecule has 0 aliphatic carbocycles. The van der Waals surface area contributed by atoms with Gasteiger partial charge in [0.1, 0.15) is 5.75 Å². The van der Waals surface area contributed by atoms with Gasteiger partial charge in [-0.05, 0) is 18.1 Å². The Balaban J connectivity index is 3.05. The van der Waals surface area contributed by atoms with E-state index in [9.17, 15) is 8.78 Å². The van der Waals surface area contributed by atoms with Gasteiger partial charge in [0.2, 0.25) is 0 Å². The molecule has 89 valence electrons. The van der Waals surface area contributed by atoms with Crippen molar-refractivity contribution in [2.24, 2.45) is 0 Å². The van der Waals surface area contributed by atoms with Crippen molar-refractivity contribution < 1.29 is 18.6 Å². The van der Waals surface area contributed by atoms with E-state index >= 15 is 0 Å². The Morgan fingerprint density at radius 1 is 1.44 bits per heavy atom. The molecule has 0 fully saturated rings. The number of aliphatic hydroxyl groups is 1. The normalized spacial score (nSPS) is 11.2. The Hall–Kier alpha value is -1.16. The van der Waals surface area contributed by atoms with Crippen LogP contribution in [0.1, 0.15) is 25.0 Å². The number of halogens is 2. The van der Waals surface area contributed by atoms with Crippen LogP contribution in [0.3, 0.4) is 0 Å². The minimum atomic E-state index is -2.85. The van der Waals surface area contributed by atoms with Gasteiger partial charge in [-0.15, -0.1) is 0 Å². The molecule has 0 spiro atoms. The Labute approximate surface area is 93.9 Å². The van der Waals surface area contributed by atoms with Gasteiger partial charge < -0.3 is 9.84 Å². The Morgan fingerprint density at radius 3 is 2.62 bits per heavy atom. The number of hydrogen-bond acceptors (Lipinski definition) is 2. The van der Waals surface area contributed by atoms with E-state index in [0.29, 0.717) is 11.5 Å². The average molecular weight is 229 g/mol. The molecule has 1 aromatic rings. The first kappa shape index (κ1) is 12.9. The van der Waals surface area contributed by atoms with E-state index < -0.39 is 6.61 Å². The molecule has 2 nitrogen and oxygen atoms in total. The summed E-state index contributed by atoms with van der Waals surface area (Å²) in [5, 5.41) is 9.03. The molecule has 0 saturated carbocycles. The quantitative estimate of drug-likeness (QED) is 0.841. The molecule has 4 heteroatoms. The van der Waals surface area contributed by atoms with Gasteiger partial charge in [0.05, 0.1) is 6.61 Å². The predicted molar refractivity (Wildman–Crippen MR) is 57.6 cm³/mol. The molecule has 1 radical (unpaired) electrons. The second-order valence-electron chi connectivity index (χ2n) is 3.50. The third-order valence-electron chi connectivity index (χ3n) is 2.37. The molecule has 0 atom stereocenters. The number of ether oxygens (including phenoxy) is 1. The summed E-state index contributed by atoms with van der Waals surface area (Å²) in [5.74, 6) is 0.727. The maximum atomic E-state index is 12.2. The van der Waals surface area contributed by atoms with Crippen LogP contribution in [-0.2, 0) is 6.42 Å². The third kappa shape index (κ3) is 3.17. The largest absolute Gasteiger partial charge is 0.435 e. The Bertz CT molecular complexity index is 340. The van der Waals surface area contributed by atoms with Crippen molar-refractivity contribution in [2.75, 3.05) is 6.61 Å². The molecule has 0 heterocycles. The van der Waals surface area contributed by atoms with Crippen molar-refractivity contribution in [3.63, 3.8) is 0 Å². The van der Waals surface area contributed by atoms with Crippen molar-refractivity contribution in [3.05, 3.63) is 35.2 Å². The van der Waals surface area contributed by atoms with Crippen molar-refractivity contribution in [1.82, 2.24) is 0 Å². The van der Waals surface area contributed by atoms with Gasteiger partial charge in [-0.25, -0.2) is 0 Å². The number of rotatable bonds is 5. The van der Waals surface area contributed by atoms with Crippen LogP contribution in [-0.4, -0.2) is 18.3 Å². The van der Waals surface area contributed by atoms with Crippen LogP contribution in [0.5, 0.6) is 5.75 Å². The minimum absolute atomic E-state index is 0.110. The van der Waals surface area contributed by atoms with Gasteiger partial charge in [-0.2, -0.15) is 8.78 Å². The van der Waals surface area contributed by atoms with Gasteiger partial charge >= 0.3 is 6.61 Å². The van der Waals surface area contributed by atoms with Crippen molar-refractivity contribution in [3.8, 4) is 5.75 Å². The third-order valence-corrected chi connectivity index (χ3v) is 2.37. The zero-order valence-corrected chi connectivity index (χ0v) is 9.34. The second kappa shape index (κ2) is 5.80. The van der Waals surface area contributed by atoms with Crippen molar-refractivity contribution in [1.29, 1.82) is 0 Å². The van der Waals surface area contributed by atoms with E-state index in [4.69, 9.17) is 5.11 Å². The van der Waals surface area contributed by atoms with Crippen LogP contribution in [0, 0.1) is 5.92 Å². The smallest absolute Gasteiger partial charge is 0.387 e. The lowest BCUT2D eigenvalue weighted by Gasteiger charge is -2.15. The summed E-state index contributed by atoms with van der Waals surface area (Å²) in [7, 11) is 0. The lowest BCUT2D eigenvalue weighted by Crippen LogP contribution is -2.08. The molecular formula is C12H15F2O2. The van der Waals surface area contributed by atoms with E-state index in [-0.39, 0.29) is 12.4 Å².